The molecule has 2 fully saturated rings. The minimum atomic E-state index is -0.554. The van der Waals surface area contributed by atoms with E-state index in [0.717, 1.165) is 25.7 Å². The number of carbonyl (C=O) groups is 4. The Balaban J connectivity index is 2.12. The monoisotopic (exact) mass is 392 g/mol. The summed E-state index contributed by atoms with van der Waals surface area (Å²) >= 11 is 0. The fourth-order valence-electron chi connectivity index (χ4n) is 5.06. The van der Waals surface area contributed by atoms with Crippen molar-refractivity contribution in [3.05, 3.63) is 0 Å². The number of amides is 2. The summed E-state index contributed by atoms with van der Waals surface area (Å²) in [6.45, 7) is 3.00. The Labute approximate surface area is 168 Å². The van der Waals surface area contributed by atoms with Crippen molar-refractivity contribution in [1.29, 1.82) is 0 Å². The Morgan fingerprint density at radius 3 is 1.57 bits per heavy atom. The summed E-state index contributed by atoms with van der Waals surface area (Å²) in [4.78, 5) is 49.3. The maximum absolute atomic E-state index is 13.1. The minimum absolute atomic E-state index is 0.0161. The molecule has 6 nitrogen and oxygen atoms in total. The third kappa shape index (κ3) is 6.14. The van der Waals surface area contributed by atoms with Crippen LogP contribution < -0.4 is 11.1 Å². The molecular formula is C22H36N2O4. The van der Waals surface area contributed by atoms with Crippen LogP contribution in [0.2, 0.25) is 0 Å². The molecule has 28 heavy (non-hydrogen) atoms. The molecule has 6 heteroatoms. The fourth-order valence-corrected chi connectivity index (χ4v) is 5.06. The van der Waals surface area contributed by atoms with Gasteiger partial charge in [-0.1, -0.05) is 32.1 Å². The topological polar surface area (TPSA) is 106 Å². The zero-order chi connectivity index (χ0) is 20.7. The number of Topliss-reactive ketones (excluding diaryl/α,β-unsaturated/α-hetero) is 2. The standard InChI is InChI=1S/C22H36N2O4/c1-14(25)17-10-11-18(15(2)26)20(13-12-19(17)21(23)27)22(28)24-16-8-6-4-3-5-7-9-16/h16-20H,3-13H2,1-2H3,(H2,23,27)(H,24,28). The van der Waals surface area contributed by atoms with Crippen molar-refractivity contribution >= 4 is 23.4 Å². The lowest BCUT2D eigenvalue weighted by Crippen LogP contribution is -2.45. The quantitative estimate of drug-likeness (QED) is 0.750. The molecule has 0 aliphatic heterocycles. The van der Waals surface area contributed by atoms with Crippen molar-refractivity contribution in [2.75, 3.05) is 0 Å². The van der Waals surface area contributed by atoms with Crippen molar-refractivity contribution in [3.63, 3.8) is 0 Å². The van der Waals surface area contributed by atoms with Crippen LogP contribution in [0.3, 0.4) is 0 Å². The van der Waals surface area contributed by atoms with Gasteiger partial charge in [0.2, 0.25) is 11.8 Å². The number of carbonyl (C=O) groups excluding carboxylic acids is 4. The van der Waals surface area contributed by atoms with Gasteiger partial charge in [0.15, 0.2) is 0 Å². The lowest BCUT2D eigenvalue weighted by atomic mass is 9.71. The molecule has 158 valence electrons. The largest absolute Gasteiger partial charge is 0.369 e. The fraction of sp³-hybridized carbons (Fsp3) is 0.818. The van der Waals surface area contributed by atoms with Crippen molar-refractivity contribution in [2.24, 2.45) is 29.4 Å². The lowest BCUT2D eigenvalue weighted by Gasteiger charge is -2.33. The van der Waals surface area contributed by atoms with Crippen LogP contribution in [0.5, 0.6) is 0 Å². The van der Waals surface area contributed by atoms with E-state index in [2.05, 4.69) is 5.32 Å². The molecule has 0 bridgehead atoms. The minimum Gasteiger partial charge on any atom is -0.369 e. The molecule has 0 aromatic heterocycles. The summed E-state index contributed by atoms with van der Waals surface area (Å²) in [7, 11) is 0. The lowest BCUT2D eigenvalue weighted by molar-refractivity contribution is -0.137. The van der Waals surface area contributed by atoms with E-state index in [1.165, 1.54) is 33.1 Å². The number of nitrogens with two attached hydrogens (primary N) is 1. The highest BCUT2D eigenvalue weighted by molar-refractivity contribution is 5.89. The van der Waals surface area contributed by atoms with Gasteiger partial charge in [0.05, 0.1) is 0 Å². The van der Waals surface area contributed by atoms with Crippen LogP contribution >= 0.6 is 0 Å². The average Bonchev–Trinajstić information content (AvgIpc) is 2.56. The summed E-state index contributed by atoms with van der Waals surface area (Å²) in [6.07, 6.45) is 9.57. The molecule has 2 amide bonds. The van der Waals surface area contributed by atoms with E-state index in [-0.39, 0.29) is 23.5 Å². The molecule has 2 rings (SSSR count). The van der Waals surface area contributed by atoms with E-state index in [4.69, 9.17) is 5.73 Å². The van der Waals surface area contributed by atoms with Gasteiger partial charge < -0.3 is 11.1 Å². The molecule has 0 heterocycles. The van der Waals surface area contributed by atoms with Crippen molar-refractivity contribution in [3.8, 4) is 0 Å². The first-order valence-corrected chi connectivity index (χ1v) is 10.9. The van der Waals surface area contributed by atoms with Gasteiger partial charge in [0.25, 0.3) is 0 Å². The first kappa shape index (κ1) is 22.6. The van der Waals surface area contributed by atoms with Crippen LogP contribution in [0.1, 0.15) is 84.5 Å². The first-order valence-electron chi connectivity index (χ1n) is 10.9. The molecule has 0 radical (unpaired) electrons. The van der Waals surface area contributed by atoms with E-state index in [0.29, 0.717) is 25.7 Å². The molecule has 3 N–H and O–H groups in total. The second-order valence-corrected chi connectivity index (χ2v) is 8.75. The Hall–Kier alpha value is -1.72. The predicted molar refractivity (Wildman–Crippen MR) is 107 cm³/mol. The smallest absolute Gasteiger partial charge is 0.224 e. The van der Waals surface area contributed by atoms with Crippen molar-refractivity contribution < 1.29 is 19.2 Å². The molecule has 0 aromatic rings. The molecule has 4 unspecified atom stereocenters. The van der Waals surface area contributed by atoms with E-state index in [9.17, 15) is 19.2 Å². The van der Waals surface area contributed by atoms with Crippen LogP contribution in [-0.4, -0.2) is 29.4 Å². The van der Waals surface area contributed by atoms with Gasteiger partial charge in [-0.2, -0.15) is 0 Å². The van der Waals surface area contributed by atoms with Gasteiger partial charge in [-0.25, -0.2) is 0 Å². The normalized spacial score (nSPS) is 30.2. The molecule has 4 atom stereocenters. The molecule has 2 aliphatic rings. The highest BCUT2D eigenvalue weighted by Gasteiger charge is 2.39. The number of hydrogen-bond donors (Lipinski definition) is 2. The van der Waals surface area contributed by atoms with Crippen LogP contribution in [0, 0.1) is 23.7 Å². The Morgan fingerprint density at radius 2 is 1.07 bits per heavy atom. The molecule has 0 saturated heterocycles. The maximum Gasteiger partial charge on any atom is 0.224 e. The Morgan fingerprint density at radius 1 is 0.643 bits per heavy atom. The van der Waals surface area contributed by atoms with Crippen molar-refractivity contribution in [1.82, 2.24) is 5.32 Å². The Bertz CT molecular complexity index is 581. The summed E-state index contributed by atoms with van der Waals surface area (Å²) in [5.41, 5.74) is 5.55. The molecule has 0 spiro atoms. The number of hydrogen-bond acceptors (Lipinski definition) is 4. The zero-order valence-electron chi connectivity index (χ0n) is 17.4. The SMILES string of the molecule is CC(=O)C1CCC(C(C)=O)C(C(=O)NC2CCCCCCC2)CCC1C(N)=O. The Kier molecular flexibility index (Phi) is 8.64. The third-order valence-corrected chi connectivity index (χ3v) is 6.75. The van der Waals surface area contributed by atoms with E-state index >= 15 is 0 Å². The predicted octanol–water partition coefficient (Wildman–Crippen LogP) is 2.92. The van der Waals surface area contributed by atoms with Crippen LogP contribution in [0.25, 0.3) is 0 Å². The number of nitrogens with one attached hydrogen (secondary N) is 1. The van der Waals surface area contributed by atoms with Crippen molar-refractivity contribution in [2.45, 2.75) is 90.5 Å². The van der Waals surface area contributed by atoms with Gasteiger partial charge in [0.1, 0.15) is 11.6 Å². The van der Waals surface area contributed by atoms with Gasteiger partial charge in [0, 0.05) is 29.7 Å². The summed E-state index contributed by atoms with van der Waals surface area (Å²) in [5, 5.41) is 3.19. The second-order valence-electron chi connectivity index (χ2n) is 8.75. The average molecular weight is 393 g/mol. The maximum atomic E-state index is 13.1. The molecular weight excluding hydrogens is 356 g/mol. The number of primary amides is 1. The number of rotatable bonds is 5. The van der Waals surface area contributed by atoms with Gasteiger partial charge in [-0.3, -0.25) is 19.2 Å². The molecule has 2 aliphatic carbocycles. The van der Waals surface area contributed by atoms with E-state index < -0.39 is 29.6 Å². The number of ketones is 2. The van der Waals surface area contributed by atoms with E-state index in [1.807, 2.05) is 0 Å². The van der Waals surface area contributed by atoms with Crippen LogP contribution in [0.15, 0.2) is 0 Å². The van der Waals surface area contributed by atoms with Gasteiger partial charge in [-0.15, -0.1) is 0 Å². The third-order valence-electron chi connectivity index (χ3n) is 6.75. The molecule has 2 saturated carbocycles. The summed E-state index contributed by atoms with van der Waals surface area (Å²) in [6, 6.07) is 0.169. The van der Waals surface area contributed by atoms with Gasteiger partial charge in [-0.05, 0) is 52.4 Å². The van der Waals surface area contributed by atoms with E-state index in [1.54, 1.807) is 0 Å². The van der Waals surface area contributed by atoms with Gasteiger partial charge >= 0.3 is 0 Å². The molecule has 0 aromatic carbocycles. The highest BCUT2D eigenvalue weighted by atomic mass is 16.2. The highest BCUT2D eigenvalue weighted by Crippen LogP contribution is 2.35. The second kappa shape index (κ2) is 10.7. The summed E-state index contributed by atoms with van der Waals surface area (Å²) < 4.78 is 0. The first-order chi connectivity index (χ1) is 13.3. The zero-order valence-corrected chi connectivity index (χ0v) is 17.4. The van der Waals surface area contributed by atoms with Crippen LogP contribution in [0.4, 0.5) is 0 Å². The summed E-state index contributed by atoms with van der Waals surface area (Å²) in [5.74, 6) is -2.49. The van der Waals surface area contributed by atoms with Crippen LogP contribution in [-0.2, 0) is 19.2 Å².